The van der Waals surface area contributed by atoms with E-state index >= 15 is 0 Å². The number of rotatable bonds is 7. The van der Waals surface area contributed by atoms with Crippen LogP contribution in [0.2, 0.25) is 0 Å². The molecule has 2 aromatic heterocycles. The largest absolute Gasteiger partial charge is 0.389 e. The summed E-state index contributed by atoms with van der Waals surface area (Å²) in [7, 11) is 1.74. The monoisotopic (exact) mass is 453 g/mol. The van der Waals surface area contributed by atoms with Gasteiger partial charge in [-0.2, -0.15) is 0 Å². The van der Waals surface area contributed by atoms with Crippen LogP contribution in [-0.4, -0.2) is 36.7 Å². The van der Waals surface area contributed by atoms with Crippen molar-refractivity contribution in [2.75, 3.05) is 0 Å². The highest BCUT2D eigenvalue weighted by Gasteiger charge is 2.24. The molecule has 34 heavy (non-hydrogen) atoms. The van der Waals surface area contributed by atoms with Crippen molar-refractivity contribution >= 4 is 11.5 Å². The molecule has 4 rings (SSSR count). The first-order chi connectivity index (χ1) is 16.3. The van der Waals surface area contributed by atoms with E-state index in [9.17, 15) is 4.79 Å². The fraction of sp³-hybridized carbons (Fsp3) is 0.231. The van der Waals surface area contributed by atoms with Crippen LogP contribution < -0.4 is 0 Å². The normalized spacial score (nSPS) is 11.9. The van der Waals surface area contributed by atoms with E-state index in [4.69, 9.17) is 4.84 Å². The molecule has 0 atom stereocenters. The Bertz CT molecular complexity index is 1310. The summed E-state index contributed by atoms with van der Waals surface area (Å²) < 4.78 is 1.53. The van der Waals surface area contributed by atoms with Gasteiger partial charge in [-0.1, -0.05) is 86.6 Å². The molecule has 0 aliphatic rings. The van der Waals surface area contributed by atoms with E-state index in [1.807, 2.05) is 54.6 Å². The third-order valence-electron chi connectivity index (χ3n) is 5.21. The molecule has 8 nitrogen and oxygen atoms in total. The summed E-state index contributed by atoms with van der Waals surface area (Å²) in [6, 6.07) is 20.6. The van der Waals surface area contributed by atoms with Gasteiger partial charge in [-0.25, -0.2) is 9.67 Å². The molecule has 0 bridgehead atoms. The molecule has 0 aliphatic carbocycles. The second-order valence-electron chi connectivity index (χ2n) is 8.80. The van der Waals surface area contributed by atoms with Gasteiger partial charge in [0.05, 0.1) is 11.3 Å². The molecule has 4 aromatic rings. The quantitative estimate of drug-likeness (QED) is 0.239. The first-order valence-corrected chi connectivity index (χ1v) is 10.8. The minimum absolute atomic E-state index is 0.0982. The van der Waals surface area contributed by atoms with E-state index in [-0.39, 0.29) is 17.8 Å². The summed E-state index contributed by atoms with van der Waals surface area (Å²) in [5.74, 6) is 0.370. The van der Waals surface area contributed by atoms with Crippen molar-refractivity contribution in [1.29, 1.82) is 0 Å². The third-order valence-corrected chi connectivity index (χ3v) is 5.21. The number of aromatic nitrogens is 5. The molecule has 0 unspecified atom stereocenters. The average Bonchev–Trinajstić information content (AvgIpc) is 3.27. The molecule has 2 aromatic carbocycles. The summed E-state index contributed by atoms with van der Waals surface area (Å²) in [4.78, 5) is 23.1. The van der Waals surface area contributed by atoms with E-state index in [2.05, 4.69) is 52.6 Å². The number of hydrogen-bond acceptors (Lipinski definition) is 7. The smallest absolute Gasteiger partial charge is 0.204 e. The average molecular weight is 454 g/mol. The van der Waals surface area contributed by atoms with Crippen molar-refractivity contribution in [3.05, 3.63) is 107 Å². The van der Waals surface area contributed by atoms with E-state index in [0.29, 0.717) is 28.4 Å². The Morgan fingerprint density at radius 3 is 2.26 bits per heavy atom. The first-order valence-electron chi connectivity index (χ1n) is 10.8. The molecule has 0 amide bonds. The summed E-state index contributed by atoms with van der Waals surface area (Å²) in [6.07, 6.45) is 2.95. The predicted octanol–water partition coefficient (Wildman–Crippen LogP) is 3.90. The second-order valence-corrected chi connectivity index (χ2v) is 8.80. The number of oxime groups is 1. The lowest BCUT2D eigenvalue weighted by atomic mass is 9.82. The Hall–Kier alpha value is -4.20. The van der Waals surface area contributed by atoms with Crippen LogP contribution in [0.15, 0.2) is 71.9 Å². The molecule has 0 aliphatic heterocycles. The van der Waals surface area contributed by atoms with Crippen LogP contribution in [0.25, 0.3) is 0 Å². The minimum Gasteiger partial charge on any atom is -0.389 e. The number of ketones is 1. The van der Waals surface area contributed by atoms with Gasteiger partial charge in [0.1, 0.15) is 6.20 Å². The van der Waals surface area contributed by atoms with E-state index in [1.54, 1.807) is 19.2 Å². The highest BCUT2D eigenvalue weighted by atomic mass is 16.6. The van der Waals surface area contributed by atoms with Crippen LogP contribution in [-0.2, 0) is 23.9 Å². The molecule has 0 saturated carbocycles. The summed E-state index contributed by atoms with van der Waals surface area (Å²) in [5.41, 5.74) is 3.55. The van der Waals surface area contributed by atoms with Gasteiger partial charge in [-0.3, -0.25) is 4.79 Å². The maximum Gasteiger partial charge on any atom is 0.204 e. The van der Waals surface area contributed by atoms with Gasteiger partial charge >= 0.3 is 0 Å². The lowest BCUT2D eigenvalue weighted by Crippen LogP contribution is -2.19. The fourth-order valence-corrected chi connectivity index (χ4v) is 3.44. The molecule has 0 fully saturated rings. The lowest BCUT2D eigenvalue weighted by molar-refractivity contribution is 0.103. The SMILES string of the molecule is Cn1nnnc1/C(=N\OCc1cc(C(C)(C)C)c(C(=O)c2ccccc2)[c]n1)c1ccccc1. The first kappa shape index (κ1) is 23.0. The van der Waals surface area contributed by atoms with E-state index < -0.39 is 0 Å². The third kappa shape index (κ3) is 5.06. The zero-order valence-electron chi connectivity index (χ0n) is 19.6. The fourth-order valence-electron chi connectivity index (χ4n) is 3.44. The molecule has 0 saturated heterocycles. The number of carbonyl (C=O) groups is 1. The lowest BCUT2D eigenvalue weighted by Gasteiger charge is -2.22. The van der Waals surface area contributed by atoms with Crippen LogP contribution in [0.4, 0.5) is 0 Å². The minimum atomic E-state index is -0.295. The maximum atomic E-state index is 13.1. The molecule has 8 heteroatoms. The molecular formula is C26H25N6O2. The number of hydrogen-bond donors (Lipinski definition) is 0. The summed E-state index contributed by atoms with van der Waals surface area (Å²) in [6.45, 7) is 6.25. The van der Waals surface area contributed by atoms with Gasteiger partial charge in [-0.15, -0.1) is 5.10 Å². The number of benzene rings is 2. The van der Waals surface area contributed by atoms with Gasteiger partial charge in [0.15, 0.2) is 18.1 Å². The van der Waals surface area contributed by atoms with Crippen LogP contribution in [0, 0.1) is 6.20 Å². The number of pyridine rings is 1. The van der Waals surface area contributed by atoms with Crippen molar-refractivity contribution < 1.29 is 9.63 Å². The number of tetrazole rings is 1. The molecular weight excluding hydrogens is 428 g/mol. The summed E-state index contributed by atoms with van der Waals surface area (Å²) >= 11 is 0. The van der Waals surface area contributed by atoms with Crippen molar-refractivity contribution in [3.8, 4) is 0 Å². The van der Waals surface area contributed by atoms with Crippen LogP contribution >= 0.6 is 0 Å². The topological polar surface area (TPSA) is 95.1 Å². The van der Waals surface area contributed by atoms with Gasteiger partial charge in [0, 0.05) is 18.2 Å². The molecule has 2 heterocycles. The highest BCUT2D eigenvalue weighted by Crippen LogP contribution is 2.28. The van der Waals surface area contributed by atoms with Gasteiger partial charge in [0.25, 0.3) is 0 Å². The van der Waals surface area contributed by atoms with Crippen molar-refractivity contribution in [2.45, 2.75) is 32.8 Å². The molecule has 171 valence electrons. The zero-order chi connectivity index (χ0) is 24.1. The molecule has 0 N–H and O–H groups in total. The Kier molecular flexibility index (Phi) is 6.58. The Labute approximate surface area is 198 Å². The standard InChI is InChI=1S/C26H25N6O2/c1-26(2,3)22-15-20(27-16-21(22)24(33)19-13-9-6-10-14-19)17-34-29-23(18-11-7-5-8-12-18)25-28-30-31-32(25)4/h5-15H,17H2,1-4H3/b29-23-. The van der Waals surface area contributed by atoms with Gasteiger partial charge in [0.2, 0.25) is 5.82 Å². The zero-order valence-corrected chi connectivity index (χ0v) is 19.6. The van der Waals surface area contributed by atoms with Crippen LogP contribution in [0.5, 0.6) is 0 Å². The Morgan fingerprint density at radius 2 is 1.68 bits per heavy atom. The van der Waals surface area contributed by atoms with E-state index in [0.717, 1.165) is 11.1 Å². The Balaban J connectivity index is 1.62. The summed E-state index contributed by atoms with van der Waals surface area (Å²) in [5, 5.41) is 16.0. The van der Waals surface area contributed by atoms with Crippen LogP contribution in [0.3, 0.4) is 0 Å². The number of carbonyl (C=O) groups excluding carboxylic acids is 1. The predicted molar refractivity (Wildman–Crippen MR) is 127 cm³/mol. The number of aryl methyl sites for hydroxylation is 1. The Morgan fingerprint density at radius 1 is 1.03 bits per heavy atom. The van der Waals surface area contributed by atoms with Gasteiger partial charge in [-0.05, 0) is 27.5 Å². The highest BCUT2D eigenvalue weighted by molar-refractivity contribution is 6.10. The van der Waals surface area contributed by atoms with Crippen molar-refractivity contribution in [3.63, 3.8) is 0 Å². The van der Waals surface area contributed by atoms with Crippen molar-refractivity contribution in [2.24, 2.45) is 12.2 Å². The van der Waals surface area contributed by atoms with E-state index in [1.165, 1.54) is 4.68 Å². The number of nitrogens with zero attached hydrogens (tertiary/aromatic N) is 6. The maximum absolute atomic E-state index is 13.1. The van der Waals surface area contributed by atoms with Gasteiger partial charge < -0.3 is 4.84 Å². The second kappa shape index (κ2) is 9.74. The molecule has 1 radical (unpaired) electrons. The van der Waals surface area contributed by atoms with Crippen LogP contribution in [0.1, 0.15) is 59.3 Å². The van der Waals surface area contributed by atoms with Crippen molar-refractivity contribution in [1.82, 2.24) is 25.2 Å². The molecule has 0 spiro atoms.